The number of amides is 1. The maximum Gasteiger partial charge on any atom is 0.261 e. The predicted molar refractivity (Wildman–Crippen MR) is 76.5 cm³/mol. The van der Waals surface area contributed by atoms with E-state index in [0.29, 0.717) is 35.6 Å². The van der Waals surface area contributed by atoms with Gasteiger partial charge in [0, 0.05) is 25.9 Å². The van der Waals surface area contributed by atoms with Gasteiger partial charge < -0.3 is 5.32 Å². The van der Waals surface area contributed by atoms with Gasteiger partial charge in [-0.3, -0.25) is 14.2 Å². The van der Waals surface area contributed by atoms with Crippen molar-refractivity contribution in [3.8, 4) is 0 Å². The molecule has 3 rings (SSSR count). The molecule has 1 aliphatic rings. The minimum atomic E-state index is -0.0619. The Morgan fingerprint density at radius 1 is 1.40 bits per heavy atom. The Morgan fingerprint density at radius 2 is 2.15 bits per heavy atom. The van der Waals surface area contributed by atoms with E-state index in [-0.39, 0.29) is 11.5 Å². The lowest BCUT2D eigenvalue weighted by Gasteiger charge is -2.09. The fourth-order valence-electron chi connectivity index (χ4n) is 2.24. The smallest absolute Gasteiger partial charge is 0.261 e. The third-order valence-electron chi connectivity index (χ3n) is 3.59. The summed E-state index contributed by atoms with van der Waals surface area (Å²) in [7, 11) is 1.70. The van der Waals surface area contributed by atoms with Gasteiger partial charge in [-0.25, -0.2) is 4.98 Å². The Balaban J connectivity index is 1.81. The number of benzene rings is 1. The monoisotopic (exact) mass is 271 g/mol. The van der Waals surface area contributed by atoms with Gasteiger partial charge in [-0.1, -0.05) is 12.1 Å². The lowest BCUT2D eigenvalue weighted by molar-refractivity contribution is -0.121. The van der Waals surface area contributed by atoms with E-state index in [0.717, 1.165) is 12.8 Å². The largest absolute Gasteiger partial charge is 0.353 e. The van der Waals surface area contributed by atoms with E-state index in [4.69, 9.17) is 0 Å². The standard InChI is InChI=1S/C15H17N3O2/c1-18-13(8-9-14(19)16-10-6-7-10)17-12-5-3-2-4-11(12)15(18)20/h2-5,10H,6-9H2,1H3,(H,16,19). The number of aryl methyl sites for hydroxylation is 1. The van der Waals surface area contributed by atoms with Gasteiger partial charge in [0.1, 0.15) is 5.82 Å². The topological polar surface area (TPSA) is 64.0 Å². The van der Waals surface area contributed by atoms with Gasteiger partial charge in [-0.15, -0.1) is 0 Å². The van der Waals surface area contributed by atoms with Crippen LogP contribution in [-0.4, -0.2) is 21.5 Å². The number of rotatable bonds is 4. The number of nitrogens with zero attached hydrogens (tertiary/aromatic N) is 2. The van der Waals surface area contributed by atoms with E-state index in [1.165, 1.54) is 4.57 Å². The van der Waals surface area contributed by atoms with Crippen molar-refractivity contribution in [3.05, 3.63) is 40.4 Å². The van der Waals surface area contributed by atoms with Gasteiger partial charge in [0.2, 0.25) is 5.91 Å². The highest BCUT2D eigenvalue weighted by Gasteiger charge is 2.23. The minimum Gasteiger partial charge on any atom is -0.353 e. The summed E-state index contributed by atoms with van der Waals surface area (Å²) in [5, 5.41) is 3.55. The van der Waals surface area contributed by atoms with Crippen molar-refractivity contribution >= 4 is 16.8 Å². The van der Waals surface area contributed by atoms with Gasteiger partial charge in [-0.2, -0.15) is 0 Å². The van der Waals surface area contributed by atoms with Gasteiger partial charge in [0.15, 0.2) is 0 Å². The Kier molecular flexibility index (Phi) is 3.26. The van der Waals surface area contributed by atoms with Crippen LogP contribution >= 0.6 is 0 Å². The van der Waals surface area contributed by atoms with Crippen molar-refractivity contribution in [2.75, 3.05) is 0 Å². The molecule has 0 aliphatic heterocycles. The van der Waals surface area contributed by atoms with Crippen molar-refractivity contribution in [1.29, 1.82) is 0 Å². The predicted octanol–water partition coefficient (Wildman–Crippen LogP) is 1.14. The number of hydrogen-bond donors (Lipinski definition) is 1. The van der Waals surface area contributed by atoms with Crippen LogP contribution in [0.3, 0.4) is 0 Å². The molecule has 5 heteroatoms. The highest BCUT2D eigenvalue weighted by Crippen LogP contribution is 2.18. The number of fused-ring (bicyclic) bond motifs is 1. The summed E-state index contributed by atoms with van der Waals surface area (Å²) in [6.07, 6.45) is 3.02. The number of nitrogens with one attached hydrogen (secondary N) is 1. The molecular formula is C15H17N3O2. The maximum atomic E-state index is 12.2. The van der Waals surface area contributed by atoms with Crippen molar-refractivity contribution in [2.45, 2.75) is 31.7 Å². The second-order valence-corrected chi connectivity index (χ2v) is 5.25. The van der Waals surface area contributed by atoms with Crippen LogP contribution in [0.2, 0.25) is 0 Å². The zero-order valence-corrected chi connectivity index (χ0v) is 11.4. The van der Waals surface area contributed by atoms with Gasteiger partial charge in [-0.05, 0) is 25.0 Å². The summed E-state index contributed by atoms with van der Waals surface area (Å²) < 4.78 is 1.53. The quantitative estimate of drug-likeness (QED) is 0.907. The average molecular weight is 271 g/mol. The van der Waals surface area contributed by atoms with Crippen LogP contribution in [0, 0.1) is 0 Å². The third-order valence-corrected chi connectivity index (χ3v) is 3.59. The van der Waals surface area contributed by atoms with Crippen LogP contribution in [0.5, 0.6) is 0 Å². The molecule has 0 radical (unpaired) electrons. The number of carbonyl (C=O) groups excluding carboxylic acids is 1. The lowest BCUT2D eigenvalue weighted by Crippen LogP contribution is -2.27. The normalized spacial score (nSPS) is 14.4. The van der Waals surface area contributed by atoms with E-state index in [1.54, 1.807) is 13.1 Å². The molecule has 1 amide bonds. The van der Waals surface area contributed by atoms with Crippen molar-refractivity contribution in [2.24, 2.45) is 7.05 Å². The molecule has 1 aromatic carbocycles. The van der Waals surface area contributed by atoms with Crippen molar-refractivity contribution < 1.29 is 4.79 Å². The first-order valence-electron chi connectivity index (χ1n) is 6.89. The first-order valence-corrected chi connectivity index (χ1v) is 6.89. The molecule has 1 aliphatic carbocycles. The molecule has 1 heterocycles. The van der Waals surface area contributed by atoms with E-state index in [2.05, 4.69) is 10.3 Å². The SMILES string of the molecule is Cn1c(CCC(=O)NC2CC2)nc2ccccc2c1=O. The Bertz CT molecular complexity index is 717. The second-order valence-electron chi connectivity index (χ2n) is 5.25. The molecule has 1 aromatic heterocycles. The summed E-state index contributed by atoms with van der Waals surface area (Å²) in [6.45, 7) is 0. The Morgan fingerprint density at radius 3 is 2.90 bits per heavy atom. The number of hydrogen-bond acceptors (Lipinski definition) is 3. The van der Waals surface area contributed by atoms with Crippen molar-refractivity contribution in [1.82, 2.24) is 14.9 Å². The summed E-state index contributed by atoms with van der Waals surface area (Å²) in [6, 6.07) is 7.65. The number of aromatic nitrogens is 2. The van der Waals surface area contributed by atoms with Gasteiger partial charge in [0.05, 0.1) is 10.9 Å². The molecule has 2 aromatic rings. The van der Waals surface area contributed by atoms with Crippen LogP contribution in [-0.2, 0) is 18.3 Å². The fourth-order valence-corrected chi connectivity index (χ4v) is 2.24. The summed E-state index contributed by atoms with van der Waals surface area (Å²) in [5.74, 6) is 0.689. The molecular weight excluding hydrogens is 254 g/mol. The zero-order chi connectivity index (χ0) is 14.1. The third kappa shape index (κ3) is 2.57. The molecule has 0 saturated heterocycles. The molecule has 0 bridgehead atoms. The molecule has 0 unspecified atom stereocenters. The van der Waals surface area contributed by atoms with Crippen LogP contribution in [0.1, 0.15) is 25.1 Å². The molecule has 1 fully saturated rings. The molecule has 1 saturated carbocycles. The fraction of sp³-hybridized carbons (Fsp3) is 0.400. The van der Waals surface area contributed by atoms with Crippen LogP contribution in [0.25, 0.3) is 10.9 Å². The summed E-state index contributed by atoms with van der Waals surface area (Å²) >= 11 is 0. The maximum absolute atomic E-state index is 12.2. The van der Waals surface area contributed by atoms with E-state index >= 15 is 0 Å². The molecule has 1 N–H and O–H groups in total. The van der Waals surface area contributed by atoms with E-state index in [1.807, 2.05) is 18.2 Å². The molecule has 0 spiro atoms. The molecule has 104 valence electrons. The van der Waals surface area contributed by atoms with E-state index < -0.39 is 0 Å². The van der Waals surface area contributed by atoms with Gasteiger partial charge in [0.25, 0.3) is 5.56 Å². The molecule has 20 heavy (non-hydrogen) atoms. The van der Waals surface area contributed by atoms with Crippen LogP contribution in [0.4, 0.5) is 0 Å². The average Bonchev–Trinajstić information content (AvgIpc) is 3.25. The Hall–Kier alpha value is -2.17. The Labute approximate surface area is 116 Å². The van der Waals surface area contributed by atoms with Crippen LogP contribution in [0.15, 0.2) is 29.1 Å². The minimum absolute atomic E-state index is 0.0370. The summed E-state index contributed by atoms with van der Waals surface area (Å²) in [4.78, 5) is 28.4. The van der Waals surface area contributed by atoms with Crippen molar-refractivity contribution in [3.63, 3.8) is 0 Å². The zero-order valence-electron chi connectivity index (χ0n) is 11.4. The highest BCUT2D eigenvalue weighted by molar-refractivity contribution is 5.78. The number of carbonyl (C=O) groups is 1. The molecule has 0 atom stereocenters. The first-order chi connectivity index (χ1) is 9.65. The van der Waals surface area contributed by atoms with E-state index in [9.17, 15) is 9.59 Å². The highest BCUT2D eigenvalue weighted by atomic mass is 16.1. The van der Waals surface area contributed by atoms with Crippen LogP contribution < -0.4 is 10.9 Å². The first kappa shape index (κ1) is 12.8. The lowest BCUT2D eigenvalue weighted by atomic mass is 10.2. The number of para-hydroxylation sites is 1. The summed E-state index contributed by atoms with van der Waals surface area (Å²) in [5.41, 5.74) is 0.626. The second kappa shape index (κ2) is 5.07. The van der Waals surface area contributed by atoms with Gasteiger partial charge >= 0.3 is 0 Å². The molecule has 5 nitrogen and oxygen atoms in total.